The van der Waals surface area contributed by atoms with Crippen molar-refractivity contribution in [2.24, 2.45) is 0 Å². The van der Waals surface area contributed by atoms with Gasteiger partial charge in [0.25, 0.3) is 5.91 Å². The Hall–Kier alpha value is -2.92. The maximum atomic E-state index is 12.9. The van der Waals surface area contributed by atoms with Crippen LogP contribution in [0, 0.1) is 0 Å². The number of carbonyl (C=O) groups excluding carboxylic acids is 2. The minimum atomic E-state index is -0.603. The monoisotopic (exact) mass is 350 g/mol. The second-order valence-corrected chi connectivity index (χ2v) is 6.21. The number of rotatable bonds is 6. The Bertz CT molecular complexity index is 802. The van der Waals surface area contributed by atoms with Crippen LogP contribution in [0.4, 0.5) is 0 Å². The van der Waals surface area contributed by atoms with Crippen molar-refractivity contribution in [1.82, 2.24) is 10.2 Å². The van der Waals surface area contributed by atoms with Crippen molar-refractivity contribution in [2.75, 3.05) is 19.7 Å². The lowest BCUT2D eigenvalue weighted by atomic mass is 9.94. The number of amides is 2. The SMILES string of the molecule is O=C1NC(C(=O)N(CC=Cc2ccccc2)CCO)Cc2ccccc21. The highest BCUT2D eigenvalue weighted by Crippen LogP contribution is 2.17. The molecule has 2 aromatic carbocycles. The average Bonchev–Trinajstić information content (AvgIpc) is 2.67. The molecule has 2 amide bonds. The fourth-order valence-electron chi connectivity index (χ4n) is 3.09. The summed E-state index contributed by atoms with van der Waals surface area (Å²) >= 11 is 0. The van der Waals surface area contributed by atoms with Gasteiger partial charge in [0.2, 0.25) is 5.91 Å². The van der Waals surface area contributed by atoms with Gasteiger partial charge >= 0.3 is 0 Å². The Morgan fingerprint density at radius 3 is 2.65 bits per heavy atom. The number of nitrogens with zero attached hydrogens (tertiary/aromatic N) is 1. The number of nitrogens with one attached hydrogen (secondary N) is 1. The molecule has 1 aliphatic heterocycles. The van der Waals surface area contributed by atoms with Crippen molar-refractivity contribution in [3.05, 3.63) is 77.4 Å². The molecule has 26 heavy (non-hydrogen) atoms. The van der Waals surface area contributed by atoms with Gasteiger partial charge in [0.05, 0.1) is 6.61 Å². The number of fused-ring (bicyclic) bond motifs is 1. The zero-order chi connectivity index (χ0) is 18.4. The summed E-state index contributed by atoms with van der Waals surface area (Å²) in [6.45, 7) is 0.483. The highest BCUT2D eigenvalue weighted by molar-refractivity contribution is 6.00. The van der Waals surface area contributed by atoms with Crippen LogP contribution < -0.4 is 5.32 Å². The Kier molecular flexibility index (Phi) is 5.81. The van der Waals surface area contributed by atoms with Crippen molar-refractivity contribution in [1.29, 1.82) is 0 Å². The molecule has 0 radical (unpaired) electrons. The molecule has 1 atom stereocenters. The predicted octanol–water partition coefficient (Wildman–Crippen LogP) is 1.88. The average molecular weight is 350 g/mol. The summed E-state index contributed by atoms with van der Waals surface area (Å²) in [6.07, 6.45) is 4.29. The van der Waals surface area contributed by atoms with Crippen molar-refractivity contribution < 1.29 is 14.7 Å². The molecule has 1 aliphatic rings. The second-order valence-electron chi connectivity index (χ2n) is 6.21. The Labute approximate surface area is 153 Å². The first-order chi connectivity index (χ1) is 12.7. The summed E-state index contributed by atoms with van der Waals surface area (Å²) in [5.74, 6) is -0.409. The number of hydrogen-bond acceptors (Lipinski definition) is 3. The van der Waals surface area contributed by atoms with Crippen LogP contribution in [0.2, 0.25) is 0 Å². The van der Waals surface area contributed by atoms with E-state index in [1.54, 1.807) is 11.0 Å². The summed E-state index contributed by atoms with van der Waals surface area (Å²) in [6, 6.07) is 16.5. The van der Waals surface area contributed by atoms with Gasteiger partial charge in [-0.1, -0.05) is 60.7 Å². The topological polar surface area (TPSA) is 69.6 Å². The van der Waals surface area contributed by atoms with Gasteiger partial charge in [0.15, 0.2) is 0 Å². The Morgan fingerprint density at radius 2 is 1.88 bits per heavy atom. The lowest BCUT2D eigenvalue weighted by molar-refractivity contribution is -0.133. The molecule has 0 aliphatic carbocycles. The van der Waals surface area contributed by atoms with Crippen molar-refractivity contribution >= 4 is 17.9 Å². The molecule has 2 aromatic rings. The molecule has 5 heteroatoms. The van der Waals surface area contributed by atoms with E-state index in [1.165, 1.54) is 0 Å². The summed E-state index contributed by atoms with van der Waals surface area (Å²) in [5, 5.41) is 12.1. The predicted molar refractivity (Wildman–Crippen MR) is 101 cm³/mol. The fraction of sp³-hybridized carbons (Fsp3) is 0.238. The Balaban J connectivity index is 1.69. The molecule has 0 spiro atoms. The third kappa shape index (κ3) is 4.18. The van der Waals surface area contributed by atoms with E-state index in [9.17, 15) is 14.7 Å². The van der Waals surface area contributed by atoms with Crippen LogP contribution in [0.5, 0.6) is 0 Å². The molecule has 3 rings (SSSR count). The molecule has 1 unspecified atom stereocenters. The van der Waals surface area contributed by atoms with Gasteiger partial charge in [-0.05, 0) is 17.2 Å². The first kappa shape index (κ1) is 17.9. The molecule has 2 N–H and O–H groups in total. The first-order valence-electron chi connectivity index (χ1n) is 8.69. The molecule has 0 saturated carbocycles. The number of hydrogen-bond donors (Lipinski definition) is 2. The van der Waals surface area contributed by atoms with Crippen LogP contribution in [-0.2, 0) is 11.2 Å². The number of benzene rings is 2. The molecular formula is C21H22N2O3. The maximum Gasteiger partial charge on any atom is 0.252 e. The highest BCUT2D eigenvalue weighted by atomic mass is 16.3. The Morgan fingerprint density at radius 1 is 1.15 bits per heavy atom. The van der Waals surface area contributed by atoms with Crippen LogP contribution in [-0.4, -0.2) is 47.6 Å². The smallest absolute Gasteiger partial charge is 0.252 e. The largest absolute Gasteiger partial charge is 0.395 e. The van der Waals surface area contributed by atoms with Crippen molar-refractivity contribution in [2.45, 2.75) is 12.5 Å². The third-order valence-corrected chi connectivity index (χ3v) is 4.41. The molecule has 1 heterocycles. The van der Waals surface area contributed by atoms with E-state index >= 15 is 0 Å². The van der Waals surface area contributed by atoms with E-state index in [-0.39, 0.29) is 25.0 Å². The van der Waals surface area contributed by atoms with Gasteiger partial charge < -0.3 is 15.3 Å². The molecule has 0 saturated heterocycles. The maximum absolute atomic E-state index is 12.9. The molecule has 0 bridgehead atoms. The zero-order valence-electron chi connectivity index (χ0n) is 14.5. The quantitative estimate of drug-likeness (QED) is 0.836. The van der Waals surface area contributed by atoms with E-state index in [0.717, 1.165) is 11.1 Å². The lowest BCUT2D eigenvalue weighted by Gasteiger charge is -2.30. The lowest BCUT2D eigenvalue weighted by Crippen LogP contribution is -2.52. The standard InChI is InChI=1S/C21H22N2O3/c24-14-13-23(12-6-9-16-7-2-1-3-8-16)21(26)19-15-17-10-4-5-11-18(17)20(25)22-19/h1-11,19,24H,12-15H2,(H,22,25). The normalized spacial score (nSPS) is 16.2. The van der Waals surface area contributed by atoms with E-state index in [2.05, 4.69) is 5.32 Å². The second kappa shape index (κ2) is 8.45. The van der Waals surface area contributed by atoms with E-state index < -0.39 is 6.04 Å². The van der Waals surface area contributed by atoms with Gasteiger partial charge in [-0.25, -0.2) is 0 Å². The molecule has 0 fully saturated rings. The van der Waals surface area contributed by atoms with Crippen LogP contribution >= 0.6 is 0 Å². The number of aliphatic hydroxyl groups excluding tert-OH is 1. The van der Waals surface area contributed by atoms with Gasteiger partial charge in [-0.2, -0.15) is 0 Å². The van der Waals surface area contributed by atoms with Crippen LogP contribution in [0.15, 0.2) is 60.7 Å². The van der Waals surface area contributed by atoms with Gasteiger partial charge in [-0.3, -0.25) is 9.59 Å². The molecule has 0 aromatic heterocycles. The number of aliphatic hydroxyl groups is 1. The summed E-state index contributed by atoms with van der Waals surface area (Å²) in [4.78, 5) is 26.7. The fourth-order valence-corrected chi connectivity index (χ4v) is 3.09. The number of carbonyl (C=O) groups is 2. The molecular weight excluding hydrogens is 328 g/mol. The van der Waals surface area contributed by atoms with Gasteiger partial charge in [0.1, 0.15) is 6.04 Å². The highest BCUT2D eigenvalue weighted by Gasteiger charge is 2.31. The van der Waals surface area contributed by atoms with Crippen LogP contribution in [0.3, 0.4) is 0 Å². The van der Waals surface area contributed by atoms with Crippen LogP contribution in [0.1, 0.15) is 21.5 Å². The minimum Gasteiger partial charge on any atom is -0.395 e. The summed E-state index contributed by atoms with van der Waals surface area (Å²) < 4.78 is 0. The van der Waals surface area contributed by atoms with E-state index in [1.807, 2.05) is 60.7 Å². The van der Waals surface area contributed by atoms with Crippen molar-refractivity contribution in [3.8, 4) is 0 Å². The van der Waals surface area contributed by atoms with Gasteiger partial charge in [0, 0.05) is 25.1 Å². The van der Waals surface area contributed by atoms with E-state index in [4.69, 9.17) is 0 Å². The molecule has 134 valence electrons. The zero-order valence-corrected chi connectivity index (χ0v) is 14.5. The van der Waals surface area contributed by atoms with Crippen LogP contribution in [0.25, 0.3) is 6.08 Å². The molecule has 5 nitrogen and oxygen atoms in total. The summed E-state index contributed by atoms with van der Waals surface area (Å²) in [7, 11) is 0. The van der Waals surface area contributed by atoms with E-state index in [0.29, 0.717) is 18.5 Å². The first-order valence-corrected chi connectivity index (χ1v) is 8.69. The summed E-state index contributed by atoms with van der Waals surface area (Å²) in [5.41, 5.74) is 2.54. The third-order valence-electron chi connectivity index (χ3n) is 4.41. The van der Waals surface area contributed by atoms with Crippen molar-refractivity contribution in [3.63, 3.8) is 0 Å². The minimum absolute atomic E-state index is 0.123. The van der Waals surface area contributed by atoms with Gasteiger partial charge in [-0.15, -0.1) is 0 Å².